The number of urea groups is 1. The first-order valence-electron chi connectivity index (χ1n) is 8.93. The van der Waals surface area contributed by atoms with Crippen LogP contribution in [0.2, 0.25) is 0 Å². The van der Waals surface area contributed by atoms with Crippen molar-refractivity contribution in [3.05, 3.63) is 65.7 Å². The van der Waals surface area contributed by atoms with Crippen LogP contribution in [0.5, 0.6) is 5.75 Å². The van der Waals surface area contributed by atoms with E-state index in [1.54, 1.807) is 13.8 Å². The third-order valence-electron chi connectivity index (χ3n) is 4.45. The Bertz CT molecular complexity index is 803. The lowest BCUT2D eigenvalue weighted by Gasteiger charge is -2.19. The quantitative estimate of drug-likeness (QED) is 0.736. The van der Waals surface area contributed by atoms with E-state index < -0.39 is 17.7 Å². The van der Waals surface area contributed by atoms with Crippen LogP contribution < -0.4 is 10.1 Å². The molecule has 3 amide bonds. The van der Waals surface area contributed by atoms with E-state index >= 15 is 0 Å². The van der Waals surface area contributed by atoms with Crippen LogP contribution in [0.3, 0.4) is 0 Å². The number of rotatable bonds is 7. The largest absolute Gasteiger partial charge is 0.491 e. The minimum atomic E-state index is -0.961. The highest BCUT2D eigenvalue weighted by molar-refractivity contribution is 6.06. The van der Waals surface area contributed by atoms with Gasteiger partial charge in [0.15, 0.2) is 0 Å². The van der Waals surface area contributed by atoms with Crippen LogP contribution in [0.1, 0.15) is 25.0 Å². The van der Waals surface area contributed by atoms with E-state index in [9.17, 15) is 14.7 Å². The number of aliphatic hydroxyl groups excluding tert-OH is 1. The molecular weight excluding hydrogens is 344 g/mol. The van der Waals surface area contributed by atoms with Crippen molar-refractivity contribution in [3.63, 3.8) is 0 Å². The summed E-state index contributed by atoms with van der Waals surface area (Å²) < 4.78 is 5.59. The standard InChI is InChI=1S/C21H24N2O4/c1-21(2)19(25)23(20(26)22-21)13-17(24)14-27-18-10-8-16(9-11-18)12-15-6-4-3-5-7-15/h3-11,17,24H,12-14H2,1-2H3,(H,22,26). The average molecular weight is 368 g/mol. The summed E-state index contributed by atoms with van der Waals surface area (Å²) in [6.07, 6.45) is -0.122. The van der Waals surface area contributed by atoms with E-state index in [0.717, 1.165) is 16.9 Å². The number of β-amino-alcohol motifs (C(OH)–C–C–N with tert-alkyl or cyclic N) is 1. The van der Waals surface area contributed by atoms with E-state index in [1.165, 1.54) is 5.56 Å². The van der Waals surface area contributed by atoms with Gasteiger partial charge in [-0.05, 0) is 43.5 Å². The van der Waals surface area contributed by atoms with Gasteiger partial charge in [-0.15, -0.1) is 0 Å². The topological polar surface area (TPSA) is 78.9 Å². The molecule has 2 aromatic rings. The molecule has 1 fully saturated rings. The maximum absolute atomic E-state index is 12.1. The first kappa shape index (κ1) is 18.9. The number of aliphatic hydroxyl groups is 1. The summed E-state index contributed by atoms with van der Waals surface area (Å²) in [6, 6.07) is 17.4. The number of amides is 3. The normalized spacial score (nSPS) is 16.9. The fourth-order valence-electron chi connectivity index (χ4n) is 2.97. The summed E-state index contributed by atoms with van der Waals surface area (Å²) in [5.41, 5.74) is 1.46. The lowest BCUT2D eigenvalue weighted by molar-refractivity contribution is -0.131. The molecule has 0 aromatic heterocycles. The van der Waals surface area contributed by atoms with Gasteiger partial charge < -0.3 is 15.2 Å². The molecule has 2 N–H and O–H groups in total. The zero-order valence-electron chi connectivity index (χ0n) is 15.5. The van der Waals surface area contributed by atoms with E-state index in [0.29, 0.717) is 5.75 Å². The van der Waals surface area contributed by atoms with Gasteiger partial charge in [0, 0.05) is 0 Å². The molecule has 1 aliphatic heterocycles. The van der Waals surface area contributed by atoms with E-state index in [4.69, 9.17) is 4.74 Å². The molecule has 1 aliphatic rings. The average Bonchev–Trinajstić information content (AvgIpc) is 2.84. The number of nitrogens with one attached hydrogen (secondary N) is 1. The van der Waals surface area contributed by atoms with Crippen LogP contribution in [0, 0.1) is 0 Å². The maximum atomic E-state index is 12.1. The van der Waals surface area contributed by atoms with Crippen molar-refractivity contribution in [1.82, 2.24) is 10.2 Å². The minimum absolute atomic E-state index is 0.00444. The Morgan fingerprint density at radius 2 is 1.67 bits per heavy atom. The molecule has 3 rings (SSSR count). The number of ether oxygens (including phenoxy) is 1. The first-order chi connectivity index (χ1) is 12.8. The minimum Gasteiger partial charge on any atom is -0.491 e. The zero-order valence-corrected chi connectivity index (χ0v) is 15.5. The van der Waals surface area contributed by atoms with Crippen molar-refractivity contribution in [3.8, 4) is 5.75 Å². The maximum Gasteiger partial charge on any atom is 0.325 e. The van der Waals surface area contributed by atoms with Crippen LogP contribution >= 0.6 is 0 Å². The second-order valence-corrected chi connectivity index (χ2v) is 7.24. The van der Waals surface area contributed by atoms with Gasteiger partial charge in [-0.25, -0.2) is 4.79 Å². The predicted molar refractivity (Wildman–Crippen MR) is 102 cm³/mol. The number of imide groups is 1. The number of hydrogen-bond donors (Lipinski definition) is 2. The van der Waals surface area contributed by atoms with Gasteiger partial charge in [-0.3, -0.25) is 9.69 Å². The molecule has 6 heteroatoms. The third kappa shape index (κ3) is 4.65. The fraction of sp³-hybridized carbons (Fsp3) is 0.333. The molecule has 0 bridgehead atoms. The summed E-state index contributed by atoms with van der Waals surface area (Å²) in [5.74, 6) is 0.278. The molecule has 1 heterocycles. The molecular formula is C21H24N2O4. The number of nitrogens with zero attached hydrogens (tertiary/aromatic N) is 1. The van der Waals surface area contributed by atoms with Crippen molar-refractivity contribution in [2.24, 2.45) is 0 Å². The molecule has 2 aromatic carbocycles. The van der Waals surface area contributed by atoms with Crippen molar-refractivity contribution >= 4 is 11.9 Å². The molecule has 0 saturated carbocycles. The van der Waals surface area contributed by atoms with Crippen molar-refractivity contribution in [1.29, 1.82) is 0 Å². The van der Waals surface area contributed by atoms with Crippen molar-refractivity contribution in [2.45, 2.75) is 31.9 Å². The summed E-state index contributed by atoms with van der Waals surface area (Å²) in [7, 11) is 0. The Labute approximate surface area is 158 Å². The molecule has 6 nitrogen and oxygen atoms in total. The Balaban J connectivity index is 1.50. The van der Waals surface area contributed by atoms with Gasteiger partial charge in [-0.2, -0.15) is 0 Å². The third-order valence-corrected chi connectivity index (χ3v) is 4.45. The summed E-state index contributed by atoms with van der Waals surface area (Å²) in [4.78, 5) is 25.0. The Morgan fingerprint density at radius 3 is 2.26 bits per heavy atom. The molecule has 0 aliphatic carbocycles. The van der Waals surface area contributed by atoms with E-state index in [2.05, 4.69) is 17.4 Å². The van der Waals surface area contributed by atoms with E-state index in [1.807, 2.05) is 42.5 Å². The Kier molecular flexibility index (Phi) is 5.46. The van der Waals surface area contributed by atoms with Gasteiger partial charge >= 0.3 is 6.03 Å². The van der Waals surface area contributed by atoms with Crippen LogP contribution in [0.4, 0.5) is 4.79 Å². The monoisotopic (exact) mass is 368 g/mol. The molecule has 1 unspecified atom stereocenters. The fourth-order valence-corrected chi connectivity index (χ4v) is 2.97. The SMILES string of the molecule is CC1(C)NC(=O)N(CC(O)COc2ccc(Cc3ccccc3)cc2)C1=O. The second-order valence-electron chi connectivity index (χ2n) is 7.24. The number of carbonyl (C=O) groups excluding carboxylic acids is 2. The van der Waals surface area contributed by atoms with Crippen molar-refractivity contribution in [2.75, 3.05) is 13.2 Å². The Hall–Kier alpha value is -2.86. The zero-order chi connectivity index (χ0) is 19.4. The summed E-state index contributed by atoms with van der Waals surface area (Å²) in [6.45, 7) is 3.16. The second kappa shape index (κ2) is 7.80. The summed E-state index contributed by atoms with van der Waals surface area (Å²) in [5, 5.41) is 12.7. The highest BCUT2D eigenvalue weighted by Crippen LogP contribution is 2.18. The highest BCUT2D eigenvalue weighted by Gasteiger charge is 2.44. The van der Waals surface area contributed by atoms with Gasteiger partial charge in [0.05, 0.1) is 6.54 Å². The molecule has 1 saturated heterocycles. The molecule has 27 heavy (non-hydrogen) atoms. The van der Waals surface area contributed by atoms with Crippen LogP contribution in [-0.4, -0.2) is 46.7 Å². The smallest absolute Gasteiger partial charge is 0.325 e. The van der Waals surface area contributed by atoms with Gasteiger partial charge in [0.2, 0.25) is 0 Å². The lowest BCUT2D eigenvalue weighted by Crippen LogP contribution is -2.42. The van der Waals surface area contributed by atoms with Crippen LogP contribution in [0.25, 0.3) is 0 Å². The number of benzene rings is 2. The highest BCUT2D eigenvalue weighted by atomic mass is 16.5. The molecule has 0 radical (unpaired) electrons. The van der Waals surface area contributed by atoms with Crippen molar-refractivity contribution < 1.29 is 19.4 Å². The predicted octanol–water partition coefficient (Wildman–Crippen LogP) is 2.35. The van der Waals surface area contributed by atoms with Gasteiger partial charge in [-0.1, -0.05) is 42.5 Å². The Morgan fingerprint density at radius 1 is 1.04 bits per heavy atom. The lowest BCUT2D eigenvalue weighted by atomic mass is 10.1. The van der Waals surface area contributed by atoms with Crippen LogP contribution in [0.15, 0.2) is 54.6 Å². The molecule has 142 valence electrons. The van der Waals surface area contributed by atoms with E-state index in [-0.39, 0.29) is 19.1 Å². The van der Waals surface area contributed by atoms with Gasteiger partial charge in [0.1, 0.15) is 24.0 Å². The summed E-state index contributed by atoms with van der Waals surface area (Å²) >= 11 is 0. The molecule has 1 atom stereocenters. The first-order valence-corrected chi connectivity index (χ1v) is 8.93. The number of carbonyl (C=O) groups is 2. The van der Waals surface area contributed by atoms with Gasteiger partial charge in [0.25, 0.3) is 5.91 Å². The number of hydrogen-bond acceptors (Lipinski definition) is 4. The van der Waals surface area contributed by atoms with Crippen LogP contribution in [-0.2, 0) is 11.2 Å². The molecule has 0 spiro atoms.